The number of hydrogen-bond donors (Lipinski definition) is 2. The Balaban J connectivity index is 0.00000228. The maximum absolute atomic E-state index is 11.6. The van der Waals surface area contributed by atoms with Gasteiger partial charge in [0.15, 0.2) is 0 Å². The highest BCUT2D eigenvalue weighted by atomic mass is 32.2. The minimum atomic E-state index is -3.17. The van der Waals surface area contributed by atoms with Crippen molar-refractivity contribution >= 4 is 10.0 Å². The van der Waals surface area contributed by atoms with E-state index in [1.807, 2.05) is 0 Å². The average Bonchev–Trinajstić information content (AvgIpc) is 3.30. The molecule has 0 aromatic rings. The van der Waals surface area contributed by atoms with Crippen LogP contribution in [0.25, 0.3) is 0 Å². The van der Waals surface area contributed by atoms with Crippen LogP contribution in [0.1, 0.15) is 86.4 Å². The first-order valence-electron chi connectivity index (χ1n) is 13.2. The summed E-state index contributed by atoms with van der Waals surface area (Å²) < 4.78 is 32.4. The zero-order valence-corrected chi connectivity index (χ0v) is 21.2. The molecule has 1 aliphatic heterocycles. The van der Waals surface area contributed by atoms with Gasteiger partial charge in [0, 0.05) is 7.97 Å². The van der Waals surface area contributed by atoms with Gasteiger partial charge in [0.25, 0.3) is 0 Å². The highest BCUT2D eigenvalue weighted by Gasteiger charge is 2.80. The molecule has 0 radical (unpaired) electrons. The summed E-state index contributed by atoms with van der Waals surface area (Å²) in [6.07, 6.45) is 13.7. The van der Waals surface area contributed by atoms with Crippen molar-refractivity contribution in [2.45, 2.75) is 103 Å². The molecule has 0 bridgehead atoms. The number of fused-ring (bicyclic) bond motifs is 4. The number of aliphatic hydroxyl groups is 1. The number of nitrogens with one attached hydrogen (secondary N) is 1. The van der Waals surface area contributed by atoms with Gasteiger partial charge in [0.2, 0.25) is 10.0 Å². The van der Waals surface area contributed by atoms with Crippen LogP contribution >= 0.6 is 0 Å². The lowest BCUT2D eigenvalue weighted by atomic mass is 9.46. The van der Waals surface area contributed by atoms with Gasteiger partial charge in [-0.25, -0.2) is 13.1 Å². The number of sulfonamides is 1. The van der Waals surface area contributed by atoms with Gasteiger partial charge in [-0.2, -0.15) is 0 Å². The van der Waals surface area contributed by atoms with Gasteiger partial charge in [0.1, 0.15) is 0 Å². The van der Waals surface area contributed by atoms with Crippen LogP contribution in [0.4, 0.5) is 0 Å². The second-order valence-corrected chi connectivity index (χ2v) is 15.4. The van der Waals surface area contributed by atoms with Crippen molar-refractivity contribution in [1.82, 2.24) is 4.72 Å². The Morgan fingerprint density at radius 3 is 2.47 bits per heavy atom. The lowest BCUT2D eigenvalue weighted by Gasteiger charge is -2.59. The number of ether oxygens (including phenoxy) is 1. The molecule has 6 heteroatoms. The second-order valence-electron chi connectivity index (χ2n) is 13.6. The van der Waals surface area contributed by atoms with Gasteiger partial charge in [-0.1, -0.05) is 20.8 Å². The molecule has 0 aromatic carbocycles. The zero-order valence-electron chi connectivity index (χ0n) is 20.4. The predicted octanol–water partition coefficient (Wildman–Crippen LogP) is 4.35. The first-order valence-corrected chi connectivity index (χ1v) is 15.1. The van der Waals surface area contributed by atoms with E-state index in [2.05, 4.69) is 25.5 Å². The van der Waals surface area contributed by atoms with Crippen molar-refractivity contribution in [3.8, 4) is 0 Å². The fraction of sp³-hybridized carbons (Fsp3) is 1.00. The molecule has 10 atom stereocenters. The molecule has 32 heavy (non-hydrogen) atoms. The molecule has 2 N–H and O–H groups in total. The Labute approximate surface area is 196 Å². The van der Waals surface area contributed by atoms with E-state index < -0.39 is 10.0 Å². The standard InChI is InChI=1S/C26H43NO4S.H2/c1-23(2)21-8-7-17-19-13-20-18(6-5-16(31-20)14-27-32(4,29)30)24(19,3)11-12-25(17)15-26(21,25)10-9-22(23)28;/h16-22,27-28H,5-15H2,1-4H3;1H/t16?,17?,18?,19?,20?,21?,22-,24+,25-,26?;/m0./s1. The first-order chi connectivity index (χ1) is 14.9. The Kier molecular flexibility index (Phi) is 4.69. The summed E-state index contributed by atoms with van der Waals surface area (Å²) in [5.41, 5.74) is 1.47. The van der Waals surface area contributed by atoms with E-state index in [9.17, 15) is 13.5 Å². The molecule has 5 nitrogen and oxygen atoms in total. The number of rotatable bonds is 3. The summed E-state index contributed by atoms with van der Waals surface area (Å²) in [7, 11) is -3.17. The van der Waals surface area contributed by atoms with E-state index in [1.54, 1.807) is 0 Å². The molecular formula is C26H45NO4S. The summed E-state index contributed by atoms with van der Waals surface area (Å²) in [5.74, 6) is 2.90. The summed E-state index contributed by atoms with van der Waals surface area (Å²) in [4.78, 5) is 0. The monoisotopic (exact) mass is 467 g/mol. The number of hydrogen-bond acceptors (Lipinski definition) is 4. The van der Waals surface area contributed by atoms with Gasteiger partial charge in [0.05, 0.1) is 24.6 Å². The fourth-order valence-electron chi connectivity index (χ4n) is 10.7. The van der Waals surface area contributed by atoms with Crippen molar-refractivity contribution in [2.75, 3.05) is 12.8 Å². The quantitative estimate of drug-likeness (QED) is 0.647. The van der Waals surface area contributed by atoms with E-state index in [1.165, 1.54) is 57.6 Å². The maximum Gasteiger partial charge on any atom is 0.208 e. The highest BCUT2D eigenvalue weighted by Crippen LogP contribution is 2.87. The molecule has 0 amide bonds. The van der Waals surface area contributed by atoms with Crippen molar-refractivity contribution in [2.24, 2.45) is 45.3 Å². The molecule has 2 spiro atoms. The molecule has 0 aromatic heterocycles. The first kappa shape index (κ1) is 22.3. The molecule has 6 aliphatic rings. The SMILES string of the molecule is CC1(C)C2CCC3C4CC5OC(CNS(C)(=O)=O)CCC5[C@@]4(C)CC[C@]34CC24CC[C@@H]1O.[HH]. The van der Waals surface area contributed by atoms with Crippen LogP contribution in [0.15, 0.2) is 0 Å². The molecule has 5 saturated carbocycles. The van der Waals surface area contributed by atoms with Crippen molar-refractivity contribution in [1.29, 1.82) is 0 Å². The minimum Gasteiger partial charge on any atom is -0.393 e. The molecular weight excluding hydrogens is 422 g/mol. The maximum atomic E-state index is 11.6. The van der Waals surface area contributed by atoms with Crippen LogP contribution in [0, 0.1) is 45.3 Å². The molecule has 6 fully saturated rings. The van der Waals surface area contributed by atoms with Gasteiger partial charge in [-0.3, -0.25) is 0 Å². The smallest absolute Gasteiger partial charge is 0.208 e. The normalized spacial score (nSPS) is 55.7. The van der Waals surface area contributed by atoms with Crippen molar-refractivity contribution in [3.63, 3.8) is 0 Å². The van der Waals surface area contributed by atoms with E-state index in [4.69, 9.17) is 4.74 Å². The van der Waals surface area contributed by atoms with Crippen LogP contribution in [-0.4, -0.2) is 44.6 Å². The molecule has 1 heterocycles. The molecule has 1 saturated heterocycles. The summed E-state index contributed by atoms with van der Waals surface area (Å²) in [6.45, 7) is 7.67. The Hall–Kier alpha value is -0.170. The lowest BCUT2D eigenvalue weighted by molar-refractivity contribution is -0.134. The van der Waals surface area contributed by atoms with Crippen molar-refractivity contribution < 1.29 is 19.7 Å². The van der Waals surface area contributed by atoms with Crippen LogP contribution in [0.3, 0.4) is 0 Å². The fourth-order valence-corrected chi connectivity index (χ4v) is 11.2. The lowest BCUT2D eigenvalue weighted by Crippen LogP contribution is -2.54. The van der Waals surface area contributed by atoms with E-state index in [-0.39, 0.29) is 19.0 Å². The van der Waals surface area contributed by atoms with Crippen LogP contribution in [0.2, 0.25) is 0 Å². The average molecular weight is 468 g/mol. The summed E-state index contributed by atoms with van der Waals surface area (Å²) >= 11 is 0. The number of aliphatic hydroxyl groups excluding tert-OH is 1. The molecule has 5 aliphatic carbocycles. The van der Waals surface area contributed by atoms with Crippen LogP contribution in [-0.2, 0) is 14.8 Å². The van der Waals surface area contributed by atoms with Crippen LogP contribution < -0.4 is 4.72 Å². The van der Waals surface area contributed by atoms with Crippen LogP contribution in [0.5, 0.6) is 0 Å². The summed E-state index contributed by atoms with van der Waals surface area (Å²) in [5, 5.41) is 10.8. The second kappa shape index (κ2) is 6.73. The van der Waals surface area contributed by atoms with Gasteiger partial charge in [-0.15, -0.1) is 0 Å². The Bertz CT molecular complexity index is 910. The largest absolute Gasteiger partial charge is 0.393 e. The third-order valence-corrected chi connectivity index (χ3v) is 12.9. The summed E-state index contributed by atoms with van der Waals surface area (Å²) in [6, 6.07) is 0. The van der Waals surface area contributed by atoms with E-state index in [0.717, 1.165) is 24.7 Å². The van der Waals surface area contributed by atoms with Gasteiger partial charge < -0.3 is 9.84 Å². The predicted molar refractivity (Wildman–Crippen MR) is 127 cm³/mol. The van der Waals surface area contributed by atoms with E-state index in [0.29, 0.717) is 40.7 Å². The topological polar surface area (TPSA) is 75.6 Å². The van der Waals surface area contributed by atoms with E-state index >= 15 is 0 Å². The third-order valence-electron chi connectivity index (χ3n) is 12.2. The zero-order chi connectivity index (χ0) is 22.7. The third kappa shape index (κ3) is 2.82. The Morgan fingerprint density at radius 2 is 1.72 bits per heavy atom. The molecule has 6 rings (SSSR count). The van der Waals surface area contributed by atoms with Gasteiger partial charge >= 0.3 is 0 Å². The Morgan fingerprint density at radius 1 is 0.969 bits per heavy atom. The van der Waals surface area contributed by atoms with Crippen molar-refractivity contribution in [3.05, 3.63) is 0 Å². The minimum absolute atomic E-state index is 0. The van der Waals surface area contributed by atoms with Gasteiger partial charge in [-0.05, 0) is 110 Å². The molecule has 184 valence electrons. The highest BCUT2D eigenvalue weighted by molar-refractivity contribution is 7.88. The molecule has 7 unspecified atom stereocenters.